The van der Waals surface area contributed by atoms with Crippen LogP contribution >= 0.6 is 34.5 Å². The van der Waals surface area contributed by atoms with Gasteiger partial charge in [-0.05, 0) is 42.8 Å². The third-order valence-electron chi connectivity index (χ3n) is 2.72. The quantitative estimate of drug-likeness (QED) is 0.824. The van der Waals surface area contributed by atoms with E-state index in [-0.39, 0.29) is 0 Å². The van der Waals surface area contributed by atoms with Crippen LogP contribution in [0.4, 0.5) is 0 Å². The standard InChI is InChI=1S/C14H15Cl2NS/c1-2-17-12(13-6-7-14(16)18-13)9-10-4-3-5-11(15)8-10/h3-8,12,17H,2,9H2,1H3. The van der Waals surface area contributed by atoms with Gasteiger partial charge in [0.1, 0.15) is 0 Å². The molecule has 2 rings (SSSR count). The van der Waals surface area contributed by atoms with Crippen LogP contribution in [0.5, 0.6) is 0 Å². The lowest BCUT2D eigenvalue weighted by Crippen LogP contribution is -2.22. The summed E-state index contributed by atoms with van der Waals surface area (Å²) < 4.78 is 0.832. The summed E-state index contributed by atoms with van der Waals surface area (Å²) in [6.07, 6.45) is 0.922. The zero-order chi connectivity index (χ0) is 13.0. The Kier molecular flexibility index (Phi) is 5.07. The Labute approximate surface area is 122 Å². The van der Waals surface area contributed by atoms with E-state index in [2.05, 4.69) is 24.4 Å². The van der Waals surface area contributed by atoms with Crippen LogP contribution in [0, 0.1) is 0 Å². The molecule has 0 fully saturated rings. The molecule has 1 aromatic heterocycles. The molecule has 0 bridgehead atoms. The Morgan fingerprint density at radius 2 is 2.06 bits per heavy atom. The number of hydrogen-bond acceptors (Lipinski definition) is 2. The summed E-state index contributed by atoms with van der Waals surface area (Å²) in [6, 6.07) is 12.3. The summed E-state index contributed by atoms with van der Waals surface area (Å²) in [5, 5.41) is 4.27. The number of halogens is 2. The predicted molar refractivity (Wildman–Crippen MR) is 80.9 cm³/mol. The van der Waals surface area contributed by atoms with Crippen molar-refractivity contribution < 1.29 is 0 Å². The Morgan fingerprint density at radius 3 is 2.67 bits per heavy atom. The Morgan fingerprint density at radius 1 is 1.22 bits per heavy atom. The average molecular weight is 300 g/mol. The second kappa shape index (κ2) is 6.58. The molecule has 96 valence electrons. The lowest BCUT2D eigenvalue weighted by molar-refractivity contribution is 0.558. The number of nitrogens with one attached hydrogen (secondary N) is 1. The van der Waals surface area contributed by atoms with Gasteiger partial charge in [0, 0.05) is 15.9 Å². The second-order valence-corrected chi connectivity index (χ2v) is 6.27. The van der Waals surface area contributed by atoms with Gasteiger partial charge in [-0.3, -0.25) is 0 Å². The minimum atomic E-state index is 0.297. The summed E-state index contributed by atoms with van der Waals surface area (Å²) in [5.74, 6) is 0. The number of hydrogen-bond donors (Lipinski definition) is 1. The monoisotopic (exact) mass is 299 g/mol. The first-order valence-electron chi connectivity index (χ1n) is 5.92. The fraction of sp³-hybridized carbons (Fsp3) is 0.286. The maximum Gasteiger partial charge on any atom is 0.0931 e. The summed E-state index contributed by atoms with van der Waals surface area (Å²) in [6.45, 7) is 3.04. The smallest absolute Gasteiger partial charge is 0.0931 e. The van der Waals surface area contributed by atoms with Crippen molar-refractivity contribution in [1.29, 1.82) is 0 Å². The summed E-state index contributed by atoms with van der Waals surface area (Å²) in [7, 11) is 0. The van der Waals surface area contributed by atoms with Crippen LogP contribution < -0.4 is 5.32 Å². The predicted octanol–water partition coefficient (Wildman–Crippen LogP) is 4.95. The first kappa shape index (κ1) is 13.9. The lowest BCUT2D eigenvalue weighted by Gasteiger charge is -2.16. The van der Waals surface area contributed by atoms with Gasteiger partial charge in [-0.1, -0.05) is 42.3 Å². The van der Waals surface area contributed by atoms with Gasteiger partial charge in [-0.15, -0.1) is 11.3 Å². The van der Waals surface area contributed by atoms with Crippen LogP contribution in [0.25, 0.3) is 0 Å². The molecule has 1 heterocycles. The number of likely N-dealkylation sites (N-methyl/N-ethyl adjacent to an activating group) is 1. The molecular weight excluding hydrogens is 285 g/mol. The van der Waals surface area contributed by atoms with Gasteiger partial charge in [0.25, 0.3) is 0 Å². The molecule has 1 aromatic carbocycles. The van der Waals surface area contributed by atoms with Gasteiger partial charge in [0.2, 0.25) is 0 Å². The van der Waals surface area contributed by atoms with Crippen molar-refractivity contribution in [3.8, 4) is 0 Å². The fourth-order valence-electron chi connectivity index (χ4n) is 1.93. The van der Waals surface area contributed by atoms with Gasteiger partial charge in [-0.25, -0.2) is 0 Å². The zero-order valence-electron chi connectivity index (χ0n) is 10.1. The number of benzene rings is 1. The minimum Gasteiger partial charge on any atom is -0.309 e. The molecule has 0 aliphatic heterocycles. The molecule has 0 radical (unpaired) electrons. The number of rotatable bonds is 5. The molecule has 1 unspecified atom stereocenters. The van der Waals surface area contributed by atoms with Crippen LogP contribution in [0.2, 0.25) is 9.36 Å². The van der Waals surface area contributed by atoms with Crippen LogP contribution in [0.1, 0.15) is 23.4 Å². The molecule has 0 aliphatic rings. The van der Waals surface area contributed by atoms with Gasteiger partial charge in [0.05, 0.1) is 4.34 Å². The van der Waals surface area contributed by atoms with Crippen molar-refractivity contribution in [2.24, 2.45) is 0 Å². The highest BCUT2D eigenvalue weighted by Gasteiger charge is 2.13. The molecule has 1 nitrogen and oxygen atoms in total. The summed E-state index contributed by atoms with van der Waals surface area (Å²) in [5.41, 5.74) is 1.23. The largest absolute Gasteiger partial charge is 0.309 e. The molecule has 0 spiro atoms. The third-order valence-corrected chi connectivity index (χ3v) is 4.30. The van der Waals surface area contributed by atoms with E-state index in [0.29, 0.717) is 6.04 Å². The van der Waals surface area contributed by atoms with Crippen LogP contribution in [-0.4, -0.2) is 6.54 Å². The average Bonchev–Trinajstić information content (AvgIpc) is 2.75. The fourth-order valence-corrected chi connectivity index (χ4v) is 3.28. The van der Waals surface area contributed by atoms with Crippen molar-refractivity contribution in [2.75, 3.05) is 6.54 Å². The van der Waals surface area contributed by atoms with Gasteiger partial charge in [0.15, 0.2) is 0 Å². The van der Waals surface area contributed by atoms with Crippen molar-refractivity contribution in [3.05, 3.63) is 56.2 Å². The van der Waals surface area contributed by atoms with E-state index in [1.165, 1.54) is 10.4 Å². The summed E-state index contributed by atoms with van der Waals surface area (Å²) >= 11 is 13.6. The normalized spacial score (nSPS) is 12.6. The molecule has 18 heavy (non-hydrogen) atoms. The highest BCUT2D eigenvalue weighted by molar-refractivity contribution is 7.16. The molecular formula is C14H15Cl2NS. The van der Waals surface area contributed by atoms with Crippen molar-refractivity contribution in [1.82, 2.24) is 5.32 Å². The van der Waals surface area contributed by atoms with Gasteiger partial charge < -0.3 is 5.32 Å². The minimum absolute atomic E-state index is 0.297. The molecule has 2 aromatic rings. The molecule has 1 atom stereocenters. The Bertz CT molecular complexity index is 510. The lowest BCUT2D eigenvalue weighted by atomic mass is 10.0. The first-order chi connectivity index (χ1) is 8.69. The molecule has 0 aliphatic carbocycles. The SMILES string of the molecule is CCNC(Cc1cccc(Cl)c1)c1ccc(Cl)s1. The Hall–Kier alpha value is -0.540. The van der Waals surface area contributed by atoms with Crippen molar-refractivity contribution >= 4 is 34.5 Å². The van der Waals surface area contributed by atoms with E-state index in [1.54, 1.807) is 11.3 Å². The second-order valence-electron chi connectivity index (χ2n) is 4.09. The van der Waals surface area contributed by atoms with E-state index in [0.717, 1.165) is 22.3 Å². The van der Waals surface area contributed by atoms with E-state index in [1.807, 2.05) is 24.3 Å². The van der Waals surface area contributed by atoms with Crippen LogP contribution in [0.15, 0.2) is 36.4 Å². The van der Waals surface area contributed by atoms with Crippen LogP contribution in [0.3, 0.4) is 0 Å². The highest BCUT2D eigenvalue weighted by atomic mass is 35.5. The van der Waals surface area contributed by atoms with E-state index >= 15 is 0 Å². The highest BCUT2D eigenvalue weighted by Crippen LogP contribution is 2.29. The van der Waals surface area contributed by atoms with Gasteiger partial charge in [-0.2, -0.15) is 0 Å². The van der Waals surface area contributed by atoms with Crippen molar-refractivity contribution in [2.45, 2.75) is 19.4 Å². The third kappa shape index (κ3) is 3.72. The molecule has 0 saturated heterocycles. The van der Waals surface area contributed by atoms with E-state index < -0.39 is 0 Å². The van der Waals surface area contributed by atoms with E-state index in [9.17, 15) is 0 Å². The topological polar surface area (TPSA) is 12.0 Å². The van der Waals surface area contributed by atoms with Crippen molar-refractivity contribution in [3.63, 3.8) is 0 Å². The molecule has 4 heteroatoms. The first-order valence-corrected chi connectivity index (χ1v) is 7.49. The maximum absolute atomic E-state index is 6.02. The molecule has 1 N–H and O–H groups in total. The molecule has 0 amide bonds. The Balaban J connectivity index is 2.16. The maximum atomic E-state index is 6.02. The zero-order valence-corrected chi connectivity index (χ0v) is 12.4. The van der Waals surface area contributed by atoms with Gasteiger partial charge >= 0.3 is 0 Å². The summed E-state index contributed by atoms with van der Waals surface area (Å²) in [4.78, 5) is 1.27. The van der Waals surface area contributed by atoms with E-state index in [4.69, 9.17) is 23.2 Å². The molecule has 0 saturated carbocycles. The van der Waals surface area contributed by atoms with Crippen LogP contribution in [-0.2, 0) is 6.42 Å². The number of thiophene rings is 1.